The van der Waals surface area contributed by atoms with E-state index in [4.69, 9.17) is 15.9 Å². The summed E-state index contributed by atoms with van der Waals surface area (Å²) in [6.45, 7) is 0.704. The van der Waals surface area contributed by atoms with Crippen molar-refractivity contribution in [2.75, 3.05) is 6.54 Å². The molecule has 5 nitrogen and oxygen atoms in total. The fourth-order valence-corrected chi connectivity index (χ4v) is 1.45. The zero-order chi connectivity index (χ0) is 13.1. The van der Waals surface area contributed by atoms with Crippen molar-refractivity contribution in [1.82, 2.24) is 0 Å². The number of aliphatic carboxylic acids is 2. The second kappa shape index (κ2) is 9.84. The Morgan fingerprint density at radius 3 is 2.29 bits per heavy atom. The first-order valence-electron chi connectivity index (χ1n) is 5.89. The highest BCUT2D eigenvalue weighted by molar-refractivity contribution is 5.79. The maximum absolute atomic E-state index is 10.7. The summed E-state index contributed by atoms with van der Waals surface area (Å²) in [7, 11) is 0. The van der Waals surface area contributed by atoms with E-state index in [1.165, 1.54) is 6.08 Å². The molecular weight excluding hydrogens is 222 g/mol. The van der Waals surface area contributed by atoms with Gasteiger partial charge in [-0.15, -0.1) is 0 Å². The average Bonchev–Trinajstić information content (AvgIpc) is 2.25. The normalized spacial score (nSPS) is 12.8. The largest absolute Gasteiger partial charge is 0.481 e. The second-order valence-corrected chi connectivity index (χ2v) is 3.96. The third-order valence-corrected chi connectivity index (χ3v) is 2.41. The van der Waals surface area contributed by atoms with Crippen molar-refractivity contribution < 1.29 is 19.8 Å². The summed E-state index contributed by atoms with van der Waals surface area (Å²) in [5.74, 6) is -3.10. The lowest BCUT2D eigenvalue weighted by atomic mass is 10.0. The molecule has 0 bridgehead atoms. The lowest BCUT2D eigenvalue weighted by Crippen LogP contribution is -2.15. The van der Waals surface area contributed by atoms with Crippen LogP contribution in [0.4, 0.5) is 0 Å². The molecule has 4 N–H and O–H groups in total. The Balaban J connectivity index is 3.77. The minimum absolute atomic E-state index is 0.362. The van der Waals surface area contributed by atoms with Crippen molar-refractivity contribution in [1.29, 1.82) is 0 Å². The van der Waals surface area contributed by atoms with Crippen LogP contribution < -0.4 is 5.73 Å². The van der Waals surface area contributed by atoms with E-state index >= 15 is 0 Å². The predicted molar refractivity (Wildman–Crippen MR) is 64.7 cm³/mol. The van der Waals surface area contributed by atoms with E-state index in [1.54, 1.807) is 6.08 Å². The van der Waals surface area contributed by atoms with Gasteiger partial charge in [0, 0.05) is 0 Å². The number of nitrogens with two attached hydrogens (primary N) is 1. The van der Waals surface area contributed by atoms with Crippen molar-refractivity contribution in [3.63, 3.8) is 0 Å². The number of carbonyl (C=O) groups is 2. The Kier molecular flexibility index (Phi) is 9.05. The number of rotatable bonds is 10. The van der Waals surface area contributed by atoms with Crippen LogP contribution in [0.25, 0.3) is 0 Å². The van der Waals surface area contributed by atoms with E-state index in [1.807, 2.05) is 0 Å². The molecule has 0 aromatic rings. The Morgan fingerprint density at radius 2 is 1.76 bits per heavy atom. The monoisotopic (exact) mass is 243 g/mol. The van der Waals surface area contributed by atoms with Crippen LogP contribution in [0.5, 0.6) is 0 Å². The lowest BCUT2D eigenvalue weighted by molar-refractivity contribution is -0.146. The molecule has 0 aliphatic carbocycles. The van der Waals surface area contributed by atoms with Gasteiger partial charge in [0.05, 0.1) is 12.3 Å². The van der Waals surface area contributed by atoms with Gasteiger partial charge >= 0.3 is 11.9 Å². The Labute approximate surface area is 101 Å². The molecular formula is C12H21NO4. The van der Waals surface area contributed by atoms with Crippen LogP contribution in [-0.4, -0.2) is 28.7 Å². The summed E-state index contributed by atoms with van der Waals surface area (Å²) in [6, 6.07) is 0. The summed E-state index contributed by atoms with van der Waals surface area (Å²) < 4.78 is 0. The minimum Gasteiger partial charge on any atom is -0.481 e. The molecule has 0 fully saturated rings. The Morgan fingerprint density at radius 1 is 1.12 bits per heavy atom. The van der Waals surface area contributed by atoms with Crippen molar-refractivity contribution in [2.45, 2.75) is 38.5 Å². The zero-order valence-electron chi connectivity index (χ0n) is 9.97. The Hall–Kier alpha value is -1.36. The smallest absolute Gasteiger partial charge is 0.310 e. The number of carboxylic acids is 2. The van der Waals surface area contributed by atoms with Crippen LogP contribution in [0.3, 0.4) is 0 Å². The third-order valence-electron chi connectivity index (χ3n) is 2.41. The molecule has 0 heterocycles. The van der Waals surface area contributed by atoms with Gasteiger partial charge < -0.3 is 15.9 Å². The van der Waals surface area contributed by atoms with Crippen LogP contribution in [0, 0.1) is 5.92 Å². The van der Waals surface area contributed by atoms with Crippen molar-refractivity contribution in [3.8, 4) is 0 Å². The molecule has 1 unspecified atom stereocenters. The highest BCUT2D eigenvalue weighted by Crippen LogP contribution is 2.08. The minimum atomic E-state index is -1.09. The molecule has 1 atom stereocenters. The molecule has 0 aromatic carbocycles. The number of unbranched alkanes of at least 4 members (excludes halogenated alkanes) is 4. The quantitative estimate of drug-likeness (QED) is 0.400. The van der Waals surface area contributed by atoms with Crippen molar-refractivity contribution in [2.24, 2.45) is 11.7 Å². The summed E-state index contributed by atoms with van der Waals surface area (Å²) in [5.41, 5.74) is 5.35. The molecule has 0 radical (unpaired) electrons. The van der Waals surface area contributed by atoms with Gasteiger partial charge in [0.2, 0.25) is 0 Å². The number of hydrogen-bond acceptors (Lipinski definition) is 3. The van der Waals surface area contributed by atoms with E-state index in [9.17, 15) is 9.59 Å². The highest BCUT2D eigenvalue weighted by Gasteiger charge is 2.17. The standard InChI is InChI=1S/C12H21NO4/c13-8-6-4-2-1-3-5-7-10(12(16)17)9-11(14)15/h5,7,10H,1-4,6,8-9,13H2,(H,14,15)(H,16,17). The second-order valence-electron chi connectivity index (χ2n) is 3.96. The first-order chi connectivity index (χ1) is 8.07. The maximum atomic E-state index is 10.7. The van der Waals surface area contributed by atoms with Crippen LogP contribution in [0.1, 0.15) is 38.5 Å². The number of hydrogen-bond donors (Lipinski definition) is 3. The van der Waals surface area contributed by atoms with Gasteiger partial charge in [-0.1, -0.05) is 25.0 Å². The van der Waals surface area contributed by atoms with Crippen LogP contribution in [0.2, 0.25) is 0 Å². The lowest BCUT2D eigenvalue weighted by Gasteiger charge is -2.03. The summed E-state index contributed by atoms with van der Waals surface area (Å²) in [6.07, 6.45) is 7.80. The molecule has 17 heavy (non-hydrogen) atoms. The molecule has 5 heteroatoms. The van der Waals surface area contributed by atoms with Gasteiger partial charge in [-0.05, 0) is 25.8 Å². The number of carboxylic acid groups (broad SMARTS) is 2. The molecule has 0 spiro atoms. The number of allylic oxidation sites excluding steroid dienone is 1. The first-order valence-corrected chi connectivity index (χ1v) is 5.89. The highest BCUT2D eigenvalue weighted by atomic mass is 16.4. The van der Waals surface area contributed by atoms with E-state index in [2.05, 4.69) is 0 Å². The van der Waals surface area contributed by atoms with Crippen molar-refractivity contribution in [3.05, 3.63) is 12.2 Å². The van der Waals surface area contributed by atoms with E-state index in [0.717, 1.165) is 32.1 Å². The van der Waals surface area contributed by atoms with Crippen LogP contribution in [-0.2, 0) is 9.59 Å². The molecule has 0 aliphatic heterocycles. The molecule has 0 saturated heterocycles. The van der Waals surface area contributed by atoms with Crippen LogP contribution >= 0.6 is 0 Å². The van der Waals surface area contributed by atoms with Crippen LogP contribution in [0.15, 0.2) is 12.2 Å². The summed E-state index contributed by atoms with van der Waals surface area (Å²) in [4.78, 5) is 21.1. The predicted octanol–water partition coefficient (Wildman–Crippen LogP) is 1.63. The third kappa shape index (κ3) is 9.56. The van der Waals surface area contributed by atoms with E-state index in [-0.39, 0.29) is 6.42 Å². The maximum Gasteiger partial charge on any atom is 0.310 e. The van der Waals surface area contributed by atoms with Gasteiger partial charge in [-0.2, -0.15) is 0 Å². The van der Waals surface area contributed by atoms with E-state index in [0.29, 0.717) is 6.54 Å². The molecule has 98 valence electrons. The summed E-state index contributed by atoms with van der Waals surface area (Å²) in [5, 5.41) is 17.3. The topological polar surface area (TPSA) is 101 Å². The summed E-state index contributed by atoms with van der Waals surface area (Å²) >= 11 is 0. The van der Waals surface area contributed by atoms with Crippen molar-refractivity contribution >= 4 is 11.9 Å². The Bertz CT molecular complexity index is 263. The molecule has 0 aliphatic rings. The van der Waals surface area contributed by atoms with Gasteiger partial charge in [0.25, 0.3) is 0 Å². The zero-order valence-corrected chi connectivity index (χ0v) is 9.97. The molecule has 0 saturated carbocycles. The van der Waals surface area contributed by atoms with Gasteiger partial charge in [0.1, 0.15) is 0 Å². The SMILES string of the molecule is NCCCCCCC=CC(CC(=O)O)C(=O)O. The fraction of sp³-hybridized carbons (Fsp3) is 0.667. The molecule has 0 aromatic heterocycles. The molecule has 0 amide bonds. The molecule has 0 rings (SSSR count). The fourth-order valence-electron chi connectivity index (χ4n) is 1.45. The van der Waals surface area contributed by atoms with Gasteiger partial charge in [0.15, 0.2) is 0 Å². The van der Waals surface area contributed by atoms with Gasteiger partial charge in [-0.3, -0.25) is 9.59 Å². The first kappa shape index (κ1) is 15.6. The van der Waals surface area contributed by atoms with E-state index < -0.39 is 17.9 Å². The van der Waals surface area contributed by atoms with Gasteiger partial charge in [-0.25, -0.2) is 0 Å². The average molecular weight is 243 g/mol.